The second-order valence-corrected chi connectivity index (χ2v) is 7.26. The van der Waals surface area contributed by atoms with Crippen LogP contribution in [0, 0.1) is 0 Å². The van der Waals surface area contributed by atoms with E-state index in [0.29, 0.717) is 31.1 Å². The van der Waals surface area contributed by atoms with Crippen LogP contribution in [0.4, 0.5) is 11.4 Å². The lowest BCUT2D eigenvalue weighted by Gasteiger charge is -2.38. The van der Waals surface area contributed by atoms with Gasteiger partial charge < -0.3 is 14.7 Å². The number of phenolic OH excluding ortho intramolecular Hbond substituents is 1. The fraction of sp³-hybridized carbons (Fsp3) is 0.364. The molecule has 7 heteroatoms. The van der Waals surface area contributed by atoms with Gasteiger partial charge in [0.15, 0.2) is 0 Å². The number of hydrogen-bond acceptors (Lipinski definition) is 6. The summed E-state index contributed by atoms with van der Waals surface area (Å²) in [6.07, 6.45) is 0.205. The number of piperazine rings is 1. The summed E-state index contributed by atoms with van der Waals surface area (Å²) in [5, 5.41) is 9.45. The van der Waals surface area contributed by atoms with Gasteiger partial charge >= 0.3 is 0 Å². The van der Waals surface area contributed by atoms with E-state index in [-0.39, 0.29) is 24.0 Å². The van der Waals surface area contributed by atoms with Crippen LogP contribution in [-0.2, 0) is 9.59 Å². The first-order chi connectivity index (χ1) is 14.1. The third-order valence-electron chi connectivity index (χ3n) is 5.48. The Balaban J connectivity index is 1.43. The van der Waals surface area contributed by atoms with Gasteiger partial charge in [0, 0.05) is 37.9 Å². The first kappa shape index (κ1) is 19.3. The molecular formula is C22H25N3O4. The summed E-state index contributed by atoms with van der Waals surface area (Å²) in [5.74, 6) is 0.559. The Morgan fingerprint density at radius 1 is 1.00 bits per heavy atom. The third-order valence-corrected chi connectivity index (χ3v) is 5.48. The number of phenols is 1. The zero-order valence-corrected chi connectivity index (χ0v) is 16.5. The molecule has 0 aliphatic carbocycles. The van der Waals surface area contributed by atoms with Crippen LogP contribution in [0.2, 0.25) is 0 Å². The molecule has 2 amide bonds. The molecule has 0 saturated carbocycles. The Labute approximate surface area is 170 Å². The van der Waals surface area contributed by atoms with E-state index in [1.807, 2.05) is 25.1 Å². The van der Waals surface area contributed by atoms with Crippen LogP contribution in [0.15, 0.2) is 48.5 Å². The Kier molecular flexibility index (Phi) is 5.40. The maximum atomic E-state index is 13.1. The van der Waals surface area contributed by atoms with Crippen molar-refractivity contribution in [2.24, 2.45) is 0 Å². The highest BCUT2D eigenvalue weighted by molar-refractivity contribution is 6.22. The van der Waals surface area contributed by atoms with E-state index in [4.69, 9.17) is 4.74 Å². The Morgan fingerprint density at radius 3 is 2.41 bits per heavy atom. The zero-order chi connectivity index (χ0) is 20.4. The number of carbonyl (C=O) groups excluding carboxylic acids is 2. The van der Waals surface area contributed by atoms with Crippen LogP contribution < -0.4 is 14.5 Å². The van der Waals surface area contributed by atoms with Crippen molar-refractivity contribution in [3.8, 4) is 11.5 Å². The number of benzene rings is 2. The van der Waals surface area contributed by atoms with Gasteiger partial charge in [-0.25, -0.2) is 4.90 Å². The standard InChI is InChI=1S/C22H25N3O4/c1-2-29-19-5-3-4-17(14-19)25-21(27)15-20(22(25)28)24-12-10-23(11-13-24)16-6-8-18(26)9-7-16/h3-9,14,20,26H,2,10-13,15H2,1H3. The van der Waals surface area contributed by atoms with Crippen molar-refractivity contribution < 1.29 is 19.4 Å². The van der Waals surface area contributed by atoms with Crippen LogP contribution in [0.25, 0.3) is 0 Å². The molecule has 7 nitrogen and oxygen atoms in total. The molecule has 0 bridgehead atoms. The fourth-order valence-electron chi connectivity index (χ4n) is 4.01. The van der Waals surface area contributed by atoms with E-state index in [1.165, 1.54) is 4.90 Å². The first-order valence-electron chi connectivity index (χ1n) is 9.94. The van der Waals surface area contributed by atoms with Gasteiger partial charge in [0.2, 0.25) is 5.91 Å². The van der Waals surface area contributed by atoms with Gasteiger partial charge in [-0.2, -0.15) is 0 Å². The summed E-state index contributed by atoms with van der Waals surface area (Å²) in [5.41, 5.74) is 1.61. The number of carbonyl (C=O) groups is 2. The second kappa shape index (κ2) is 8.13. The lowest BCUT2D eigenvalue weighted by Crippen LogP contribution is -2.52. The molecule has 2 aliphatic heterocycles. The Hall–Kier alpha value is -3.06. The molecule has 1 N–H and O–H groups in total. The number of rotatable bonds is 5. The SMILES string of the molecule is CCOc1cccc(N2C(=O)CC(N3CCN(c4ccc(O)cc4)CC3)C2=O)c1. The largest absolute Gasteiger partial charge is 0.508 e. The van der Waals surface area contributed by atoms with Crippen LogP contribution in [0.3, 0.4) is 0 Å². The molecule has 0 spiro atoms. The highest BCUT2D eigenvalue weighted by Crippen LogP contribution is 2.29. The second-order valence-electron chi connectivity index (χ2n) is 7.26. The van der Waals surface area contributed by atoms with E-state index >= 15 is 0 Å². The van der Waals surface area contributed by atoms with Crippen molar-refractivity contribution >= 4 is 23.2 Å². The number of aromatic hydroxyl groups is 1. The molecule has 2 aliphatic rings. The number of amides is 2. The van der Waals surface area contributed by atoms with Crippen molar-refractivity contribution in [1.82, 2.24) is 4.90 Å². The molecule has 2 aromatic carbocycles. The smallest absolute Gasteiger partial charge is 0.251 e. The van der Waals surface area contributed by atoms with E-state index in [0.717, 1.165) is 18.8 Å². The predicted octanol–water partition coefficient (Wildman–Crippen LogP) is 2.25. The van der Waals surface area contributed by atoms with Gasteiger partial charge in [0.1, 0.15) is 11.5 Å². The van der Waals surface area contributed by atoms with Crippen molar-refractivity contribution in [3.05, 3.63) is 48.5 Å². The lowest BCUT2D eigenvalue weighted by atomic mass is 10.1. The van der Waals surface area contributed by atoms with E-state index in [2.05, 4.69) is 9.80 Å². The van der Waals surface area contributed by atoms with Gasteiger partial charge in [-0.3, -0.25) is 14.5 Å². The van der Waals surface area contributed by atoms with Crippen molar-refractivity contribution in [1.29, 1.82) is 0 Å². The summed E-state index contributed by atoms with van der Waals surface area (Å²) in [6, 6.07) is 13.8. The summed E-state index contributed by atoms with van der Waals surface area (Å²) in [6.45, 7) is 5.37. The van der Waals surface area contributed by atoms with Gasteiger partial charge in [0.05, 0.1) is 24.8 Å². The fourth-order valence-corrected chi connectivity index (χ4v) is 4.01. The minimum atomic E-state index is -0.416. The van der Waals surface area contributed by atoms with E-state index in [1.54, 1.807) is 30.3 Å². The molecule has 29 heavy (non-hydrogen) atoms. The first-order valence-corrected chi connectivity index (χ1v) is 9.94. The van der Waals surface area contributed by atoms with Gasteiger partial charge in [0.25, 0.3) is 5.91 Å². The molecular weight excluding hydrogens is 370 g/mol. The third kappa shape index (κ3) is 3.91. The number of nitrogens with zero attached hydrogens (tertiary/aromatic N) is 3. The highest BCUT2D eigenvalue weighted by Gasteiger charge is 2.43. The summed E-state index contributed by atoms with van der Waals surface area (Å²) >= 11 is 0. The van der Waals surface area contributed by atoms with E-state index in [9.17, 15) is 14.7 Å². The average Bonchev–Trinajstić information content (AvgIpc) is 3.03. The minimum Gasteiger partial charge on any atom is -0.508 e. The van der Waals surface area contributed by atoms with Crippen molar-refractivity contribution in [2.75, 3.05) is 42.6 Å². The van der Waals surface area contributed by atoms with Crippen molar-refractivity contribution in [3.63, 3.8) is 0 Å². The average molecular weight is 395 g/mol. The number of anilines is 2. The molecule has 1 unspecified atom stereocenters. The van der Waals surface area contributed by atoms with Crippen LogP contribution in [0.5, 0.6) is 11.5 Å². The van der Waals surface area contributed by atoms with Crippen LogP contribution in [-0.4, -0.2) is 60.6 Å². The van der Waals surface area contributed by atoms with Gasteiger partial charge in [-0.15, -0.1) is 0 Å². The summed E-state index contributed by atoms with van der Waals surface area (Å²) in [4.78, 5) is 31.3. The Bertz CT molecular complexity index is 891. The van der Waals surface area contributed by atoms with Gasteiger partial charge in [-0.05, 0) is 43.3 Å². The Morgan fingerprint density at radius 2 is 1.72 bits per heavy atom. The lowest BCUT2D eigenvalue weighted by molar-refractivity contribution is -0.123. The molecule has 1 atom stereocenters. The van der Waals surface area contributed by atoms with Crippen LogP contribution in [0.1, 0.15) is 13.3 Å². The number of imide groups is 1. The maximum absolute atomic E-state index is 13.1. The number of hydrogen-bond donors (Lipinski definition) is 1. The predicted molar refractivity (Wildman–Crippen MR) is 110 cm³/mol. The van der Waals surface area contributed by atoms with Crippen LogP contribution >= 0.6 is 0 Å². The quantitative estimate of drug-likeness (QED) is 0.783. The summed E-state index contributed by atoms with van der Waals surface area (Å²) in [7, 11) is 0. The molecule has 4 rings (SSSR count). The van der Waals surface area contributed by atoms with Crippen molar-refractivity contribution in [2.45, 2.75) is 19.4 Å². The molecule has 0 aromatic heterocycles. The molecule has 2 aromatic rings. The topological polar surface area (TPSA) is 73.3 Å². The summed E-state index contributed by atoms with van der Waals surface area (Å²) < 4.78 is 5.50. The molecule has 2 fully saturated rings. The normalized spacial score (nSPS) is 20.4. The van der Waals surface area contributed by atoms with E-state index < -0.39 is 6.04 Å². The molecule has 152 valence electrons. The van der Waals surface area contributed by atoms with Gasteiger partial charge in [-0.1, -0.05) is 6.07 Å². The molecule has 2 heterocycles. The molecule has 0 radical (unpaired) electrons. The minimum absolute atomic E-state index is 0.165. The monoisotopic (exact) mass is 395 g/mol. The maximum Gasteiger partial charge on any atom is 0.251 e. The zero-order valence-electron chi connectivity index (χ0n) is 16.5. The molecule has 2 saturated heterocycles. The highest BCUT2D eigenvalue weighted by atomic mass is 16.5. The number of ether oxygens (including phenoxy) is 1.